The van der Waals surface area contributed by atoms with Crippen LogP contribution in [0.5, 0.6) is 0 Å². The number of aliphatic imine (C=N–C) groups is 1. The fraction of sp³-hybridized carbons (Fsp3) is 0.650. The highest BCUT2D eigenvalue weighted by Gasteiger charge is 2.30. The molecule has 2 aliphatic rings. The van der Waals surface area contributed by atoms with Crippen LogP contribution in [0.3, 0.4) is 0 Å². The van der Waals surface area contributed by atoms with Crippen LogP contribution in [0, 0.1) is 5.92 Å². The van der Waals surface area contributed by atoms with Gasteiger partial charge in [-0.1, -0.05) is 31.2 Å². The number of nitrogens with zero attached hydrogens (tertiary/aromatic N) is 3. The molecule has 1 saturated heterocycles. The number of nitrogens with two attached hydrogens (primary N) is 1. The Hall–Kier alpha value is -0.820. The fourth-order valence-electron chi connectivity index (χ4n) is 3.72. The monoisotopic (exact) mass is 456 g/mol. The van der Waals surface area contributed by atoms with Crippen molar-refractivity contribution in [1.82, 2.24) is 9.80 Å². The first kappa shape index (κ1) is 20.5. The summed E-state index contributed by atoms with van der Waals surface area (Å²) in [6.07, 6.45) is 3.58. The van der Waals surface area contributed by atoms with E-state index in [9.17, 15) is 0 Å². The lowest BCUT2D eigenvalue weighted by molar-refractivity contribution is 0.111. The average molecular weight is 456 g/mol. The van der Waals surface area contributed by atoms with E-state index in [0.29, 0.717) is 0 Å². The zero-order chi connectivity index (χ0) is 17.2. The van der Waals surface area contributed by atoms with Crippen molar-refractivity contribution in [2.45, 2.75) is 52.1 Å². The van der Waals surface area contributed by atoms with Gasteiger partial charge in [0, 0.05) is 31.7 Å². The van der Waals surface area contributed by atoms with Gasteiger partial charge in [-0.3, -0.25) is 9.89 Å². The molecule has 0 amide bonds. The molecule has 1 aromatic carbocycles. The quantitative estimate of drug-likeness (QED) is 0.430. The smallest absolute Gasteiger partial charge is 0.191 e. The maximum Gasteiger partial charge on any atom is 0.191 e. The Labute approximate surface area is 169 Å². The third-order valence-electron chi connectivity index (χ3n) is 5.72. The van der Waals surface area contributed by atoms with Gasteiger partial charge < -0.3 is 10.6 Å². The van der Waals surface area contributed by atoms with Gasteiger partial charge in [0.05, 0.1) is 6.54 Å². The zero-order valence-electron chi connectivity index (χ0n) is 15.9. The molecular weight excluding hydrogens is 423 g/mol. The lowest BCUT2D eigenvalue weighted by atomic mass is 9.94. The van der Waals surface area contributed by atoms with Gasteiger partial charge in [-0.25, -0.2) is 0 Å². The van der Waals surface area contributed by atoms with Crippen molar-refractivity contribution in [3.63, 3.8) is 0 Å². The van der Waals surface area contributed by atoms with Crippen LogP contribution in [0.2, 0.25) is 0 Å². The summed E-state index contributed by atoms with van der Waals surface area (Å²) in [5, 5.41) is 0. The highest BCUT2D eigenvalue weighted by atomic mass is 127. The molecule has 25 heavy (non-hydrogen) atoms. The highest BCUT2D eigenvalue weighted by Crippen LogP contribution is 2.25. The molecule has 0 unspecified atom stereocenters. The van der Waals surface area contributed by atoms with E-state index >= 15 is 0 Å². The summed E-state index contributed by atoms with van der Waals surface area (Å²) >= 11 is 0. The maximum atomic E-state index is 6.26. The summed E-state index contributed by atoms with van der Waals surface area (Å²) < 4.78 is 0. The first-order valence-electron chi connectivity index (χ1n) is 9.32. The third-order valence-corrected chi connectivity index (χ3v) is 5.72. The van der Waals surface area contributed by atoms with Crippen molar-refractivity contribution in [1.29, 1.82) is 0 Å². The van der Waals surface area contributed by atoms with Crippen molar-refractivity contribution in [3.05, 3.63) is 35.4 Å². The molecule has 5 heteroatoms. The molecule has 0 atom stereocenters. The Kier molecular flexibility index (Phi) is 7.14. The number of hydrogen-bond acceptors (Lipinski definition) is 2. The molecule has 1 fully saturated rings. The van der Waals surface area contributed by atoms with E-state index < -0.39 is 0 Å². The minimum atomic E-state index is 0. The van der Waals surface area contributed by atoms with E-state index in [4.69, 9.17) is 10.7 Å². The van der Waals surface area contributed by atoms with Crippen LogP contribution >= 0.6 is 24.0 Å². The van der Waals surface area contributed by atoms with E-state index in [0.717, 1.165) is 51.0 Å². The predicted molar refractivity (Wildman–Crippen MR) is 117 cm³/mol. The fourth-order valence-corrected chi connectivity index (χ4v) is 3.72. The van der Waals surface area contributed by atoms with E-state index in [1.54, 1.807) is 0 Å². The molecule has 4 nitrogen and oxygen atoms in total. The third kappa shape index (κ3) is 5.09. The molecule has 2 aliphatic heterocycles. The number of hydrogen-bond donors (Lipinski definition) is 1. The molecule has 0 aromatic heterocycles. The SMILES string of the molecule is CC1CCN(C(N)=NCC(C)(C)N2CCc3ccccc3C2)CC1.I. The minimum absolute atomic E-state index is 0. The van der Waals surface area contributed by atoms with Crippen LogP contribution in [-0.2, 0) is 13.0 Å². The molecule has 2 heterocycles. The summed E-state index contributed by atoms with van der Waals surface area (Å²) in [6, 6.07) is 8.80. The van der Waals surface area contributed by atoms with Crippen LogP contribution < -0.4 is 5.73 Å². The van der Waals surface area contributed by atoms with Crippen molar-refractivity contribution >= 4 is 29.9 Å². The van der Waals surface area contributed by atoms with E-state index in [1.807, 2.05) is 0 Å². The molecule has 0 bridgehead atoms. The Morgan fingerprint density at radius 2 is 1.80 bits per heavy atom. The molecular formula is C20H33IN4. The van der Waals surface area contributed by atoms with Gasteiger partial charge in [0.25, 0.3) is 0 Å². The van der Waals surface area contributed by atoms with Crippen LogP contribution in [0.4, 0.5) is 0 Å². The second-order valence-corrected chi connectivity index (χ2v) is 8.10. The van der Waals surface area contributed by atoms with Crippen molar-refractivity contribution in [3.8, 4) is 0 Å². The molecule has 0 aliphatic carbocycles. The Morgan fingerprint density at radius 3 is 2.48 bits per heavy atom. The standard InChI is InChI=1S/C20H32N4.HI/c1-16-8-11-23(12-9-16)19(21)22-15-20(2,3)24-13-10-17-6-4-5-7-18(17)14-24;/h4-7,16H,8-15H2,1-3H3,(H2,21,22);1H. The highest BCUT2D eigenvalue weighted by molar-refractivity contribution is 14.0. The topological polar surface area (TPSA) is 44.9 Å². The number of piperidine rings is 1. The van der Waals surface area contributed by atoms with E-state index in [-0.39, 0.29) is 29.5 Å². The minimum Gasteiger partial charge on any atom is -0.370 e. The summed E-state index contributed by atoms with van der Waals surface area (Å²) in [4.78, 5) is 9.55. The second kappa shape index (κ2) is 8.71. The zero-order valence-corrected chi connectivity index (χ0v) is 18.2. The van der Waals surface area contributed by atoms with Gasteiger partial charge in [-0.05, 0) is 50.2 Å². The second-order valence-electron chi connectivity index (χ2n) is 8.10. The molecule has 0 spiro atoms. The first-order valence-corrected chi connectivity index (χ1v) is 9.32. The van der Waals surface area contributed by atoms with Gasteiger partial charge in [0.1, 0.15) is 0 Å². The predicted octanol–water partition coefficient (Wildman–Crippen LogP) is 3.49. The summed E-state index contributed by atoms with van der Waals surface area (Å²) in [7, 11) is 0. The van der Waals surface area contributed by atoms with Crippen molar-refractivity contribution < 1.29 is 0 Å². The lowest BCUT2D eigenvalue weighted by Crippen LogP contribution is -2.49. The van der Waals surface area contributed by atoms with Gasteiger partial charge in [0.15, 0.2) is 5.96 Å². The number of fused-ring (bicyclic) bond motifs is 1. The number of benzene rings is 1. The van der Waals surface area contributed by atoms with Crippen molar-refractivity contribution in [2.24, 2.45) is 16.6 Å². The molecule has 0 radical (unpaired) electrons. The molecule has 140 valence electrons. The van der Waals surface area contributed by atoms with Gasteiger partial charge in [0.2, 0.25) is 0 Å². The molecule has 1 aromatic rings. The molecule has 0 saturated carbocycles. The normalized spacial score (nSPS) is 20.1. The maximum absolute atomic E-state index is 6.26. The van der Waals surface area contributed by atoms with Crippen LogP contribution in [-0.4, -0.2) is 47.5 Å². The van der Waals surface area contributed by atoms with Crippen LogP contribution in [0.15, 0.2) is 29.3 Å². The largest absolute Gasteiger partial charge is 0.370 e. The molecule has 3 rings (SSSR count). The van der Waals surface area contributed by atoms with Gasteiger partial charge in [-0.2, -0.15) is 0 Å². The van der Waals surface area contributed by atoms with E-state index in [2.05, 4.69) is 54.8 Å². The number of rotatable bonds is 3. The molecule has 2 N–H and O–H groups in total. The van der Waals surface area contributed by atoms with Gasteiger partial charge in [-0.15, -0.1) is 24.0 Å². The van der Waals surface area contributed by atoms with E-state index in [1.165, 1.54) is 24.0 Å². The Bertz CT molecular complexity index is 591. The Balaban J connectivity index is 0.00000225. The first-order chi connectivity index (χ1) is 11.5. The van der Waals surface area contributed by atoms with Gasteiger partial charge >= 0.3 is 0 Å². The lowest BCUT2D eigenvalue weighted by Gasteiger charge is -2.41. The summed E-state index contributed by atoms with van der Waals surface area (Å²) in [6.45, 7) is 11.9. The number of halogens is 1. The van der Waals surface area contributed by atoms with Crippen LogP contribution in [0.1, 0.15) is 44.7 Å². The van der Waals surface area contributed by atoms with Crippen LogP contribution in [0.25, 0.3) is 0 Å². The average Bonchev–Trinajstić information content (AvgIpc) is 2.60. The number of guanidine groups is 1. The summed E-state index contributed by atoms with van der Waals surface area (Å²) in [5.74, 6) is 1.55. The van der Waals surface area contributed by atoms with Crippen molar-refractivity contribution in [2.75, 3.05) is 26.2 Å². The Morgan fingerprint density at radius 1 is 1.16 bits per heavy atom. The number of likely N-dealkylation sites (tertiary alicyclic amines) is 1. The summed E-state index contributed by atoms with van der Waals surface area (Å²) in [5.41, 5.74) is 9.25.